The van der Waals surface area contributed by atoms with E-state index in [2.05, 4.69) is 4.98 Å². The normalized spacial score (nSPS) is 11.6. The van der Waals surface area contributed by atoms with Gasteiger partial charge in [0.05, 0.1) is 20.7 Å². The second kappa shape index (κ2) is 9.75. The number of para-hydroxylation sites is 1. The van der Waals surface area contributed by atoms with Crippen LogP contribution in [-0.4, -0.2) is 22.9 Å². The van der Waals surface area contributed by atoms with Crippen molar-refractivity contribution in [2.75, 3.05) is 0 Å². The Morgan fingerprint density at radius 3 is 2.44 bits per heavy atom. The number of nitrogens with zero attached hydrogens (tertiary/aromatic N) is 3. The number of hydrogen-bond donors (Lipinski definition) is 1. The minimum atomic E-state index is -3.78. The number of nitrogens with two attached hydrogens (primary N) is 1. The van der Waals surface area contributed by atoms with Gasteiger partial charge in [-0.05, 0) is 41.8 Å². The summed E-state index contributed by atoms with van der Waals surface area (Å²) in [5.41, 5.74) is 1.97. The van der Waals surface area contributed by atoms with Crippen molar-refractivity contribution in [2.45, 2.75) is 28.8 Å². The molecule has 0 aliphatic heterocycles. The second-order valence-corrected chi connectivity index (χ2v) is 10.0. The van der Waals surface area contributed by atoms with Gasteiger partial charge in [0, 0.05) is 24.4 Å². The predicted molar refractivity (Wildman–Crippen MR) is 130 cm³/mol. The van der Waals surface area contributed by atoms with Gasteiger partial charge in [-0.3, -0.25) is 19.5 Å². The average molecular weight is 497 g/mol. The molecule has 0 saturated carbocycles. The van der Waals surface area contributed by atoms with E-state index < -0.39 is 14.9 Å². The van der Waals surface area contributed by atoms with Crippen LogP contribution < -0.4 is 10.7 Å². The quantitative estimate of drug-likeness (QED) is 0.170. The van der Waals surface area contributed by atoms with Crippen LogP contribution in [-0.2, 0) is 28.7 Å². The first-order chi connectivity index (χ1) is 16.2. The van der Waals surface area contributed by atoms with Gasteiger partial charge in [0.2, 0.25) is 10.0 Å². The zero-order valence-electron chi connectivity index (χ0n) is 17.8. The Kier molecular flexibility index (Phi) is 6.77. The molecule has 3 aromatic carbocycles. The van der Waals surface area contributed by atoms with Crippen molar-refractivity contribution in [3.8, 4) is 0 Å². The van der Waals surface area contributed by atoms with Gasteiger partial charge < -0.3 is 0 Å². The number of aryl methyl sites for hydroxylation is 1. The van der Waals surface area contributed by atoms with Gasteiger partial charge in [0.15, 0.2) is 5.16 Å². The topological polar surface area (TPSA) is 138 Å². The smallest absolute Gasteiger partial charge is 0.269 e. The summed E-state index contributed by atoms with van der Waals surface area (Å²) in [5, 5.41) is 17.2. The highest BCUT2D eigenvalue weighted by molar-refractivity contribution is 7.98. The van der Waals surface area contributed by atoms with Crippen LogP contribution >= 0.6 is 11.8 Å². The van der Waals surface area contributed by atoms with Crippen LogP contribution in [0.1, 0.15) is 11.1 Å². The maximum atomic E-state index is 13.2. The molecule has 0 aliphatic carbocycles. The number of sulfonamides is 1. The van der Waals surface area contributed by atoms with E-state index >= 15 is 0 Å². The van der Waals surface area contributed by atoms with Crippen LogP contribution in [0.2, 0.25) is 0 Å². The molecule has 0 atom stereocenters. The first-order valence-corrected chi connectivity index (χ1v) is 12.7. The van der Waals surface area contributed by atoms with Crippen molar-refractivity contribution >= 4 is 38.4 Å². The lowest BCUT2D eigenvalue weighted by molar-refractivity contribution is -0.384. The standard InChI is InChI=1S/C23H20N4O5S2/c24-34(31,32)19-10-8-16(9-11-19)12-13-26-22(28)20-6-1-2-7-21(20)25-23(26)33-15-17-4-3-5-18(14-17)27(29)30/h1-11,14H,12-13,15H2,(H2,24,31,32). The van der Waals surface area contributed by atoms with E-state index in [0.717, 1.165) is 11.1 Å². The molecule has 0 amide bonds. The third kappa shape index (κ3) is 5.33. The van der Waals surface area contributed by atoms with Gasteiger partial charge in [0.1, 0.15) is 0 Å². The summed E-state index contributed by atoms with van der Waals surface area (Å²) in [4.78, 5) is 28.5. The zero-order chi connectivity index (χ0) is 24.3. The third-order valence-electron chi connectivity index (χ3n) is 5.19. The van der Waals surface area contributed by atoms with Crippen molar-refractivity contribution in [1.82, 2.24) is 9.55 Å². The maximum Gasteiger partial charge on any atom is 0.269 e. The number of nitro benzene ring substituents is 1. The lowest BCUT2D eigenvalue weighted by Gasteiger charge is -2.13. The van der Waals surface area contributed by atoms with Gasteiger partial charge in [0.25, 0.3) is 11.2 Å². The van der Waals surface area contributed by atoms with E-state index in [9.17, 15) is 23.3 Å². The number of benzene rings is 3. The fourth-order valence-electron chi connectivity index (χ4n) is 3.45. The Bertz CT molecular complexity index is 1530. The summed E-state index contributed by atoms with van der Waals surface area (Å²) < 4.78 is 24.5. The van der Waals surface area contributed by atoms with Crippen molar-refractivity contribution in [2.24, 2.45) is 5.14 Å². The van der Waals surface area contributed by atoms with Crippen LogP contribution in [0, 0.1) is 10.1 Å². The largest absolute Gasteiger partial charge is 0.287 e. The van der Waals surface area contributed by atoms with Crippen molar-refractivity contribution in [3.63, 3.8) is 0 Å². The molecule has 9 nitrogen and oxygen atoms in total. The molecule has 2 N–H and O–H groups in total. The lowest BCUT2D eigenvalue weighted by atomic mass is 10.1. The highest BCUT2D eigenvalue weighted by atomic mass is 32.2. The van der Waals surface area contributed by atoms with Gasteiger partial charge in [-0.15, -0.1) is 0 Å². The summed E-state index contributed by atoms with van der Waals surface area (Å²) in [6, 6.07) is 19.6. The van der Waals surface area contributed by atoms with Crippen molar-refractivity contribution in [1.29, 1.82) is 0 Å². The number of rotatable bonds is 8. The Labute approximate surface area is 199 Å². The van der Waals surface area contributed by atoms with Crippen LogP contribution in [0.25, 0.3) is 10.9 Å². The Balaban J connectivity index is 1.63. The third-order valence-corrected chi connectivity index (χ3v) is 7.17. The van der Waals surface area contributed by atoms with E-state index in [4.69, 9.17) is 5.14 Å². The zero-order valence-corrected chi connectivity index (χ0v) is 19.5. The summed E-state index contributed by atoms with van der Waals surface area (Å²) in [6.45, 7) is 0.322. The first kappa shape index (κ1) is 23.6. The van der Waals surface area contributed by atoms with E-state index in [0.29, 0.717) is 34.8 Å². The maximum absolute atomic E-state index is 13.2. The minimum absolute atomic E-state index is 0.00454. The van der Waals surface area contributed by atoms with Gasteiger partial charge >= 0.3 is 0 Å². The molecule has 11 heteroatoms. The van der Waals surface area contributed by atoms with E-state index in [-0.39, 0.29) is 16.1 Å². The molecule has 174 valence electrons. The molecular weight excluding hydrogens is 476 g/mol. The molecule has 0 bridgehead atoms. The molecule has 0 aliphatic rings. The second-order valence-electron chi connectivity index (χ2n) is 7.52. The molecule has 4 aromatic rings. The summed E-state index contributed by atoms with van der Waals surface area (Å²) in [7, 11) is -3.78. The van der Waals surface area contributed by atoms with E-state index in [1.807, 2.05) is 0 Å². The summed E-state index contributed by atoms with van der Waals surface area (Å²) in [5.74, 6) is 0.398. The molecule has 0 fully saturated rings. The molecule has 0 unspecified atom stereocenters. The summed E-state index contributed by atoms with van der Waals surface area (Å²) in [6.07, 6.45) is 0.467. The highest BCUT2D eigenvalue weighted by Gasteiger charge is 2.14. The number of hydrogen-bond acceptors (Lipinski definition) is 7. The monoisotopic (exact) mass is 496 g/mol. The molecule has 1 aromatic heterocycles. The Morgan fingerprint density at radius 1 is 1.00 bits per heavy atom. The number of aromatic nitrogens is 2. The van der Waals surface area contributed by atoms with Crippen molar-refractivity contribution < 1.29 is 13.3 Å². The fourth-order valence-corrected chi connectivity index (χ4v) is 4.93. The van der Waals surface area contributed by atoms with Crippen LogP contribution in [0.4, 0.5) is 5.69 Å². The molecule has 0 spiro atoms. The molecule has 0 radical (unpaired) electrons. The lowest BCUT2D eigenvalue weighted by Crippen LogP contribution is -2.24. The molecule has 4 rings (SSSR count). The summed E-state index contributed by atoms with van der Waals surface area (Å²) >= 11 is 1.32. The molecule has 34 heavy (non-hydrogen) atoms. The van der Waals surface area contributed by atoms with E-state index in [1.165, 1.54) is 36.0 Å². The number of primary sulfonamides is 1. The van der Waals surface area contributed by atoms with E-state index in [1.54, 1.807) is 53.1 Å². The predicted octanol–water partition coefficient (Wildman–Crippen LogP) is 3.49. The van der Waals surface area contributed by atoms with Crippen LogP contribution in [0.15, 0.2) is 87.6 Å². The first-order valence-electron chi connectivity index (χ1n) is 10.2. The average Bonchev–Trinajstić information content (AvgIpc) is 2.82. The number of nitro groups is 1. The SMILES string of the molecule is NS(=O)(=O)c1ccc(CCn2c(SCc3cccc([N+](=O)[O-])c3)nc3ccccc3c2=O)cc1. The van der Waals surface area contributed by atoms with Gasteiger partial charge in [-0.1, -0.05) is 48.2 Å². The molecule has 0 saturated heterocycles. The minimum Gasteiger partial charge on any atom is -0.287 e. The number of fused-ring (bicyclic) bond motifs is 1. The highest BCUT2D eigenvalue weighted by Crippen LogP contribution is 2.24. The van der Waals surface area contributed by atoms with Crippen molar-refractivity contribution in [3.05, 3.63) is 104 Å². The fraction of sp³-hybridized carbons (Fsp3) is 0.130. The van der Waals surface area contributed by atoms with Gasteiger partial charge in [-0.2, -0.15) is 0 Å². The van der Waals surface area contributed by atoms with Crippen LogP contribution in [0.5, 0.6) is 0 Å². The Morgan fingerprint density at radius 2 is 1.74 bits per heavy atom. The Hall–Kier alpha value is -3.54. The molecular formula is C23H20N4O5S2. The molecule has 1 heterocycles. The number of non-ortho nitro benzene ring substituents is 1. The van der Waals surface area contributed by atoms with Gasteiger partial charge in [-0.25, -0.2) is 18.5 Å². The number of thioether (sulfide) groups is 1. The van der Waals surface area contributed by atoms with Crippen LogP contribution in [0.3, 0.4) is 0 Å².